The second-order valence-corrected chi connectivity index (χ2v) is 4.89. The van der Waals surface area contributed by atoms with Crippen LogP contribution >= 0.6 is 0 Å². The summed E-state index contributed by atoms with van der Waals surface area (Å²) in [6.07, 6.45) is 0.645. The zero-order chi connectivity index (χ0) is 15.5. The zero-order valence-corrected chi connectivity index (χ0v) is 12.0. The van der Waals surface area contributed by atoms with Crippen LogP contribution in [-0.4, -0.2) is 28.2 Å². The number of H-pyrrole nitrogens is 1. The Balaban J connectivity index is 1.86. The maximum atomic E-state index is 10.9. The summed E-state index contributed by atoms with van der Waals surface area (Å²) in [5.74, 6) is 0.301. The number of nitrogens with zero attached hydrogens (tertiary/aromatic N) is 2. The van der Waals surface area contributed by atoms with E-state index in [4.69, 9.17) is 5.11 Å². The highest BCUT2D eigenvalue weighted by atomic mass is 16.4. The first-order valence-corrected chi connectivity index (χ1v) is 6.83. The molecule has 0 aliphatic rings. The van der Waals surface area contributed by atoms with Gasteiger partial charge in [0.25, 0.3) is 0 Å². The molecule has 0 spiro atoms. The molecule has 3 aromatic rings. The van der Waals surface area contributed by atoms with E-state index in [-0.39, 0.29) is 0 Å². The van der Waals surface area contributed by atoms with Crippen molar-refractivity contribution in [2.75, 3.05) is 11.9 Å². The Bertz CT molecular complexity index is 779. The molecule has 0 saturated carbocycles. The standard InChI is InChI=1S/C17H15N3O2/c1-20(17(21)22)16-18-11-15(19-16)14-9-7-13(8-10-14)12-5-3-2-4-6-12/h2-11H,1H3,(H,18,19)(H,21,22). The van der Waals surface area contributed by atoms with Crippen LogP contribution < -0.4 is 4.90 Å². The number of carboxylic acid groups (broad SMARTS) is 1. The highest BCUT2D eigenvalue weighted by Crippen LogP contribution is 2.24. The van der Waals surface area contributed by atoms with Crippen molar-refractivity contribution in [1.29, 1.82) is 0 Å². The molecule has 0 fully saturated rings. The number of nitrogens with one attached hydrogen (secondary N) is 1. The fraction of sp³-hybridized carbons (Fsp3) is 0.0588. The van der Waals surface area contributed by atoms with E-state index >= 15 is 0 Å². The van der Waals surface area contributed by atoms with Crippen LogP contribution in [0.25, 0.3) is 22.4 Å². The fourth-order valence-electron chi connectivity index (χ4n) is 2.19. The molecule has 0 radical (unpaired) electrons. The molecular formula is C17H15N3O2. The van der Waals surface area contributed by atoms with Crippen LogP contribution in [0, 0.1) is 0 Å². The van der Waals surface area contributed by atoms with E-state index in [0.29, 0.717) is 11.6 Å². The fourth-order valence-corrected chi connectivity index (χ4v) is 2.19. The molecule has 0 bridgehead atoms. The van der Waals surface area contributed by atoms with Crippen molar-refractivity contribution >= 4 is 12.0 Å². The number of amides is 1. The summed E-state index contributed by atoms with van der Waals surface area (Å²) in [5.41, 5.74) is 3.92. The molecule has 5 heteroatoms. The molecule has 1 aromatic heterocycles. The highest BCUT2D eigenvalue weighted by Gasteiger charge is 2.13. The smallest absolute Gasteiger partial charge is 0.413 e. The topological polar surface area (TPSA) is 69.2 Å². The number of hydrogen-bond acceptors (Lipinski definition) is 2. The monoisotopic (exact) mass is 293 g/mol. The van der Waals surface area contributed by atoms with Crippen LogP contribution in [-0.2, 0) is 0 Å². The summed E-state index contributed by atoms with van der Waals surface area (Å²) in [6, 6.07) is 18.1. The number of anilines is 1. The first kappa shape index (κ1) is 13.9. The van der Waals surface area contributed by atoms with Crippen molar-refractivity contribution in [3.63, 3.8) is 0 Å². The average molecular weight is 293 g/mol. The maximum Gasteiger partial charge on any atom is 0.413 e. The Labute approximate surface area is 127 Å². The quantitative estimate of drug-likeness (QED) is 0.770. The molecule has 5 nitrogen and oxygen atoms in total. The third kappa shape index (κ3) is 2.69. The Morgan fingerprint density at radius 1 is 1.00 bits per heavy atom. The predicted octanol–water partition coefficient (Wildman–Crippen LogP) is 3.86. The van der Waals surface area contributed by atoms with E-state index in [1.807, 2.05) is 42.5 Å². The summed E-state index contributed by atoms with van der Waals surface area (Å²) >= 11 is 0. The van der Waals surface area contributed by atoms with Gasteiger partial charge >= 0.3 is 6.09 Å². The Kier molecular flexibility index (Phi) is 3.62. The minimum Gasteiger partial charge on any atom is -0.465 e. The number of aromatic amines is 1. The lowest BCUT2D eigenvalue weighted by molar-refractivity contribution is 0.203. The van der Waals surface area contributed by atoms with Crippen LogP contribution in [0.2, 0.25) is 0 Å². The van der Waals surface area contributed by atoms with Gasteiger partial charge in [0.05, 0.1) is 5.69 Å². The molecule has 22 heavy (non-hydrogen) atoms. The SMILES string of the molecule is CN(C(=O)O)c1nc(-c2ccc(-c3ccccc3)cc2)c[nH]1. The molecule has 0 unspecified atom stereocenters. The Morgan fingerprint density at radius 2 is 1.59 bits per heavy atom. The number of benzene rings is 2. The van der Waals surface area contributed by atoms with E-state index in [9.17, 15) is 4.79 Å². The minimum absolute atomic E-state index is 0.301. The number of imidazole rings is 1. The van der Waals surface area contributed by atoms with Gasteiger partial charge in [0, 0.05) is 18.8 Å². The van der Waals surface area contributed by atoms with Crippen molar-refractivity contribution in [3.8, 4) is 22.4 Å². The van der Waals surface area contributed by atoms with E-state index in [1.54, 1.807) is 6.20 Å². The highest BCUT2D eigenvalue weighted by molar-refractivity contribution is 5.83. The molecule has 0 aliphatic carbocycles. The van der Waals surface area contributed by atoms with E-state index < -0.39 is 6.09 Å². The first-order valence-electron chi connectivity index (χ1n) is 6.83. The van der Waals surface area contributed by atoms with Crippen molar-refractivity contribution < 1.29 is 9.90 Å². The molecular weight excluding hydrogens is 278 g/mol. The predicted molar refractivity (Wildman–Crippen MR) is 85.9 cm³/mol. The summed E-state index contributed by atoms with van der Waals surface area (Å²) in [5, 5.41) is 8.94. The van der Waals surface area contributed by atoms with Crippen LogP contribution in [0.5, 0.6) is 0 Å². The number of rotatable bonds is 3. The lowest BCUT2D eigenvalue weighted by Gasteiger charge is -2.07. The molecule has 2 aromatic carbocycles. The van der Waals surface area contributed by atoms with Gasteiger partial charge in [-0.15, -0.1) is 0 Å². The van der Waals surface area contributed by atoms with Gasteiger partial charge in [-0.05, 0) is 11.1 Å². The van der Waals surface area contributed by atoms with Crippen molar-refractivity contribution in [2.45, 2.75) is 0 Å². The average Bonchev–Trinajstić information content (AvgIpc) is 3.05. The van der Waals surface area contributed by atoms with Crippen LogP contribution in [0.15, 0.2) is 60.8 Å². The number of carbonyl (C=O) groups is 1. The van der Waals surface area contributed by atoms with Gasteiger partial charge < -0.3 is 10.1 Å². The van der Waals surface area contributed by atoms with Gasteiger partial charge in [0.2, 0.25) is 5.95 Å². The van der Waals surface area contributed by atoms with E-state index in [2.05, 4.69) is 22.1 Å². The van der Waals surface area contributed by atoms with Gasteiger partial charge in [-0.1, -0.05) is 54.6 Å². The van der Waals surface area contributed by atoms with Crippen LogP contribution in [0.4, 0.5) is 10.7 Å². The summed E-state index contributed by atoms with van der Waals surface area (Å²) < 4.78 is 0. The van der Waals surface area contributed by atoms with Gasteiger partial charge in [-0.25, -0.2) is 9.78 Å². The van der Waals surface area contributed by atoms with Crippen LogP contribution in [0.3, 0.4) is 0 Å². The Hall–Kier alpha value is -3.08. The van der Waals surface area contributed by atoms with Gasteiger partial charge in [-0.3, -0.25) is 4.90 Å². The van der Waals surface area contributed by atoms with Crippen LogP contribution in [0.1, 0.15) is 0 Å². The van der Waals surface area contributed by atoms with Crippen molar-refractivity contribution in [1.82, 2.24) is 9.97 Å². The first-order chi connectivity index (χ1) is 10.6. The zero-order valence-electron chi connectivity index (χ0n) is 12.0. The summed E-state index contributed by atoms with van der Waals surface area (Å²) in [7, 11) is 1.45. The van der Waals surface area contributed by atoms with Crippen molar-refractivity contribution in [3.05, 3.63) is 60.8 Å². The third-order valence-electron chi connectivity index (χ3n) is 3.46. The van der Waals surface area contributed by atoms with E-state index in [0.717, 1.165) is 21.6 Å². The molecule has 110 valence electrons. The number of aromatic nitrogens is 2. The minimum atomic E-state index is -1.06. The van der Waals surface area contributed by atoms with Crippen molar-refractivity contribution in [2.24, 2.45) is 0 Å². The van der Waals surface area contributed by atoms with E-state index in [1.165, 1.54) is 7.05 Å². The maximum absolute atomic E-state index is 10.9. The normalized spacial score (nSPS) is 10.4. The third-order valence-corrected chi connectivity index (χ3v) is 3.46. The van der Waals surface area contributed by atoms with Gasteiger partial charge in [-0.2, -0.15) is 0 Å². The molecule has 0 aliphatic heterocycles. The largest absolute Gasteiger partial charge is 0.465 e. The lowest BCUT2D eigenvalue weighted by atomic mass is 10.0. The second kappa shape index (κ2) is 5.73. The molecule has 0 atom stereocenters. The molecule has 3 rings (SSSR count). The second-order valence-electron chi connectivity index (χ2n) is 4.89. The summed E-state index contributed by atoms with van der Waals surface area (Å²) in [6.45, 7) is 0. The molecule has 2 N–H and O–H groups in total. The molecule has 1 amide bonds. The Morgan fingerprint density at radius 3 is 2.23 bits per heavy atom. The number of hydrogen-bond donors (Lipinski definition) is 2. The molecule has 1 heterocycles. The summed E-state index contributed by atoms with van der Waals surface area (Å²) in [4.78, 5) is 19.1. The molecule has 0 saturated heterocycles. The lowest BCUT2D eigenvalue weighted by Crippen LogP contribution is -2.24. The van der Waals surface area contributed by atoms with Gasteiger partial charge in [0.15, 0.2) is 0 Å². The van der Waals surface area contributed by atoms with Gasteiger partial charge in [0.1, 0.15) is 0 Å².